The van der Waals surface area contributed by atoms with Crippen molar-refractivity contribution in [1.29, 1.82) is 0 Å². The lowest BCUT2D eigenvalue weighted by molar-refractivity contribution is -0.437. The van der Waals surface area contributed by atoms with E-state index in [-0.39, 0.29) is 9.41 Å². The molecule has 0 aromatic carbocycles. The molecule has 2 saturated carbocycles. The molecule has 2 fully saturated rings. The molecule has 0 aromatic rings. The molecular weight excluding hydrogens is 358 g/mol. The molecule has 2 aliphatic rings. The quantitative estimate of drug-likeness (QED) is 0.512. The maximum absolute atomic E-state index is 14.6. The van der Waals surface area contributed by atoms with Crippen molar-refractivity contribution < 1.29 is 44.5 Å². The van der Waals surface area contributed by atoms with Crippen molar-refractivity contribution in [1.82, 2.24) is 0 Å². The van der Waals surface area contributed by atoms with Crippen LogP contribution in [-0.4, -0.2) is 30.1 Å². The standard InChI is InChI=1S/C14H18F8.2FH/c1-8(7-15)5-9(2)13(19,20)10(3,12(8,17)18)6-11(4,16)14(9,21)22;;/h5-7H2,1-4H3;2*1H. The third-order valence-corrected chi connectivity index (χ3v) is 5.91. The van der Waals surface area contributed by atoms with Gasteiger partial charge in [0.2, 0.25) is 0 Å². The van der Waals surface area contributed by atoms with Crippen LogP contribution in [0.25, 0.3) is 0 Å². The van der Waals surface area contributed by atoms with Crippen molar-refractivity contribution >= 4 is 0 Å². The zero-order chi connectivity index (χ0) is 17.6. The predicted molar refractivity (Wildman–Crippen MR) is 68.9 cm³/mol. The lowest BCUT2D eigenvalue weighted by Crippen LogP contribution is -2.81. The van der Waals surface area contributed by atoms with Gasteiger partial charge in [0.05, 0.1) is 16.2 Å². The Labute approximate surface area is 132 Å². The first-order valence-electron chi connectivity index (χ1n) is 6.86. The minimum Gasteiger partial charge on any atom is -0.269 e. The molecule has 10 heteroatoms. The highest BCUT2D eigenvalue weighted by molar-refractivity contribution is 5.27. The Bertz CT molecular complexity index is 496. The van der Waals surface area contributed by atoms with Gasteiger partial charge in [0.15, 0.2) is 5.67 Å². The Hall–Kier alpha value is -0.700. The van der Waals surface area contributed by atoms with E-state index >= 15 is 0 Å². The van der Waals surface area contributed by atoms with E-state index in [0.29, 0.717) is 27.7 Å². The van der Waals surface area contributed by atoms with Gasteiger partial charge in [0, 0.05) is 6.42 Å². The van der Waals surface area contributed by atoms with E-state index in [1.807, 2.05) is 0 Å². The van der Waals surface area contributed by atoms with Gasteiger partial charge >= 0.3 is 0 Å². The topological polar surface area (TPSA) is 0 Å². The van der Waals surface area contributed by atoms with E-state index in [0.717, 1.165) is 0 Å². The van der Waals surface area contributed by atoms with Gasteiger partial charge in [0.1, 0.15) is 6.67 Å². The highest BCUT2D eigenvalue weighted by Crippen LogP contribution is 2.78. The molecule has 146 valence electrons. The van der Waals surface area contributed by atoms with Crippen LogP contribution >= 0.6 is 0 Å². The van der Waals surface area contributed by atoms with Crippen LogP contribution in [0.3, 0.4) is 0 Å². The highest BCUT2D eigenvalue weighted by atomic mass is 19.3. The molecule has 2 bridgehead atoms. The zero-order valence-electron chi connectivity index (χ0n) is 13.5. The molecular formula is C14H20F10. The molecule has 0 saturated heterocycles. The SMILES string of the molecule is CC1(F)CC2(C)C(F)(F)C(C)(CF)CC(C)(C1(F)F)C2(F)F.F.F. The summed E-state index contributed by atoms with van der Waals surface area (Å²) in [5.74, 6) is -13.5. The zero-order valence-corrected chi connectivity index (χ0v) is 13.5. The maximum atomic E-state index is 14.6. The fraction of sp³-hybridized carbons (Fsp3) is 1.00. The van der Waals surface area contributed by atoms with Crippen LogP contribution < -0.4 is 0 Å². The average molecular weight is 378 g/mol. The molecule has 0 N–H and O–H groups in total. The average Bonchev–Trinajstić information content (AvgIpc) is 2.34. The van der Waals surface area contributed by atoms with Crippen LogP contribution in [0.15, 0.2) is 0 Å². The van der Waals surface area contributed by atoms with Gasteiger partial charge in [0.25, 0.3) is 17.8 Å². The van der Waals surface area contributed by atoms with E-state index in [1.54, 1.807) is 0 Å². The first-order valence-corrected chi connectivity index (χ1v) is 6.86. The van der Waals surface area contributed by atoms with Crippen LogP contribution in [-0.2, 0) is 0 Å². The van der Waals surface area contributed by atoms with Gasteiger partial charge < -0.3 is 0 Å². The lowest BCUT2D eigenvalue weighted by atomic mass is 9.42. The van der Waals surface area contributed by atoms with Gasteiger partial charge in [-0.25, -0.2) is 30.7 Å². The Morgan fingerprint density at radius 2 is 1.00 bits per heavy atom. The summed E-state index contributed by atoms with van der Waals surface area (Å²) in [4.78, 5) is 0. The van der Waals surface area contributed by atoms with Crippen LogP contribution in [0.1, 0.15) is 40.5 Å². The molecule has 2 aliphatic carbocycles. The second kappa shape index (κ2) is 5.16. The van der Waals surface area contributed by atoms with Crippen molar-refractivity contribution in [2.24, 2.45) is 16.2 Å². The van der Waals surface area contributed by atoms with Gasteiger partial charge in [-0.05, 0) is 27.2 Å². The third kappa shape index (κ3) is 1.88. The number of rotatable bonds is 1. The van der Waals surface area contributed by atoms with Gasteiger partial charge in [-0.2, -0.15) is 0 Å². The highest BCUT2D eigenvalue weighted by Gasteiger charge is 2.91. The summed E-state index contributed by atoms with van der Waals surface area (Å²) in [5.41, 5.74) is -13.1. The molecule has 0 nitrogen and oxygen atoms in total. The van der Waals surface area contributed by atoms with E-state index < -0.39 is 59.2 Å². The van der Waals surface area contributed by atoms with Crippen LogP contribution in [0.2, 0.25) is 0 Å². The summed E-state index contributed by atoms with van der Waals surface area (Å²) in [5, 5.41) is 0. The summed E-state index contributed by atoms with van der Waals surface area (Å²) >= 11 is 0. The Balaban J connectivity index is 0.00000264. The van der Waals surface area contributed by atoms with Crippen molar-refractivity contribution in [3.8, 4) is 0 Å². The van der Waals surface area contributed by atoms with Crippen LogP contribution in [0, 0.1) is 16.2 Å². The fourth-order valence-electron chi connectivity index (χ4n) is 4.49. The number of alkyl halides is 8. The molecule has 4 atom stereocenters. The minimum atomic E-state index is -4.57. The van der Waals surface area contributed by atoms with Crippen LogP contribution in [0.4, 0.5) is 44.5 Å². The van der Waals surface area contributed by atoms with Crippen LogP contribution in [0.5, 0.6) is 0 Å². The normalized spacial score (nSPS) is 48.0. The van der Waals surface area contributed by atoms with E-state index in [9.17, 15) is 35.1 Å². The number of hydrogen-bond donors (Lipinski definition) is 0. The molecule has 0 aromatic heterocycles. The number of fused-ring (bicyclic) bond motifs is 2. The van der Waals surface area contributed by atoms with Gasteiger partial charge in [-0.15, -0.1) is 0 Å². The largest absolute Gasteiger partial charge is 0.292 e. The molecule has 0 aliphatic heterocycles. The first-order chi connectivity index (χ1) is 9.47. The van der Waals surface area contributed by atoms with Crippen molar-refractivity contribution in [2.75, 3.05) is 6.67 Å². The predicted octanol–water partition coefficient (Wildman–Crippen LogP) is 5.72. The Morgan fingerprint density at radius 3 is 1.38 bits per heavy atom. The molecule has 0 spiro atoms. The fourth-order valence-corrected chi connectivity index (χ4v) is 4.49. The summed E-state index contributed by atoms with van der Waals surface area (Å²) < 4.78 is 115. The molecule has 2 rings (SSSR count). The molecule has 4 unspecified atom stereocenters. The van der Waals surface area contributed by atoms with Crippen molar-refractivity contribution in [3.05, 3.63) is 0 Å². The number of halogens is 10. The lowest BCUT2D eigenvalue weighted by Gasteiger charge is -2.67. The molecule has 0 amide bonds. The Morgan fingerprint density at radius 1 is 0.625 bits per heavy atom. The van der Waals surface area contributed by atoms with E-state index in [4.69, 9.17) is 0 Å². The molecule has 0 heterocycles. The van der Waals surface area contributed by atoms with Gasteiger partial charge in [-0.3, -0.25) is 13.8 Å². The van der Waals surface area contributed by atoms with E-state index in [1.165, 1.54) is 0 Å². The van der Waals surface area contributed by atoms with Gasteiger partial charge in [-0.1, -0.05) is 6.92 Å². The summed E-state index contributed by atoms with van der Waals surface area (Å²) in [6.45, 7) is 0.0275. The summed E-state index contributed by atoms with van der Waals surface area (Å²) in [6, 6.07) is 0. The third-order valence-electron chi connectivity index (χ3n) is 5.91. The second-order valence-corrected chi connectivity index (χ2v) is 7.63. The minimum absolute atomic E-state index is 0. The molecule has 0 radical (unpaired) electrons. The maximum Gasteiger partial charge on any atom is 0.292 e. The summed E-state index contributed by atoms with van der Waals surface area (Å²) in [6.07, 6.45) is -3.27. The van der Waals surface area contributed by atoms with E-state index in [2.05, 4.69) is 0 Å². The van der Waals surface area contributed by atoms with Crippen molar-refractivity contribution in [2.45, 2.75) is 64.0 Å². The summed E-state index contributed by atoms with van der Waals surface area (Å²) in [7, 11) is 0. The molecule has 24 heavy (non-hydrogen) atoms. The monoisotopic (exact) mass is 378 g/mol. The smallest absolute Gasteiger partial charge is 0.269 e. The number of hydrogen-bond acceptors (Lipinski definition) is 0. The Kier molecular flexibility index (Phi) is 5.00. The first kappa shape index (κ1) is 23.3. The van der Waals surface area contributed by atoms with Crippen molar-refractivity contribution in [3.63, 3.8) is 0 Å². The second-order valence-electron chi connectivity index (χ2n) is 7.63.